The van der Waals surface area contributed by atoms with Gasteiger partial charge in [0, 0.05) is 24.5 Å². The highest BCUT2D eigenvalue weighted by molar-refractivity contribution is 5.12. The van der Waals surface area contributed by atoms with E-state index in [1.165, 1.54) is 0 Å². The van der Waals surface area contributed by atoms with Crippen LogP contribution in [0.1, 0.15) is 25.5 Å². The van der Waals surface area contributed by atoms with Crippen molar-refractivity contribution in [3.05, 3.63) is 30.1 Å². The van der Waals surface area contributed by atoms with Gasteiger partial charge in [-0.15, -0.1) is 0 Å². The van der Waals surface area contributed by atoms with Gasteiger partial charge in [0.05, 0.1) is 25.4 Å². The summed E-state index contributed by atoms with van der Waals surface area (Å²) in [4.78, 5) is 4.04. The van der Waals surface area contributed by atoms with Crippen LogP contribution in [0.5, 0.6) is 0 Å². The van der Waals surface area contributed by atoms with Crippen molar-refractivity contribution in [3.8, 4) is 0 Å². The molecule has 1 aromatic heterocycles. The van der Waals surface area contributed by atoms with Gasteiger partial charge < -0.3 is 15.2 Å². The highest BCUT2D eigenvalue weighted by Crippen LogP contribution is 2.14. The van der Waals surface area contributed by atoms with Gasteiger partial charge in [-0.05, 0) is 19.9 Å². The van der Waals surface area contributed by atoms with E-state index in [9.17, 15) is 0 Å². The lowest BCUT2D eigenvalue weighted by Gasteiger charge is -2.16. The number of hydrogen-bond acceptors (Lipinski definition) is 4. The molecule has 1 aromatic rings. The van der Waals surface area contributed by atoms with E-state index in [1.54, 1.807) is 12.4 Å². The standard InChI is InChI=1S/C12H20N2O2/c1-10(2)15-6-7-16-12(8-13)11-4-3-5-14-9-11/h3-5,9-10,12H,6-8,13H2,1-2H3. The lowest BCUT2D eigenvalue weighted by molar-refractivity contribution is -0.0105. The molecule has 16 heavy (non-hydrogen) atoms. The minimum atomic E-state index is -0.0931. The minimum Gasteiger partial charge on any atom is -0.376 e. The molecule has 0 amide bonds. The number of hydrogen-bond donors (Lipinski definition) is 1. The highest BCUT2D eigenvalue weighted by Gasteiger charge is 2.09. The van der Waals surface area contributed by atoms with Crippen LogP contribution in [0, 0.1) is 0 Å². The number of nitrogens with zero attached hydrogens (tertiary/aromatic N) is 1. The number of pyridine rings is 1. The topological polar surface area (TPSA) is 57.4 Å². The molecule has 90 valence electrons. The Morgan fingerprint density at radius 2 is 2.06 bits per heavy atom. The summed E-state index contributed by atoms with van der Waals surface area (Å²) in [6.45, 7) is 5.60. The summed E-state index contributed by atoms with van der Waals surface area (Å²) in [5.74, 6) is 0. The first-order valence-corrected chi connectivity index (χ1v) is 5.57. The first kappa shape index (κ1) is 13.1. The molecular weight excluding hydrogens is 204 g/mol. The molecule has 1 heterocycles. The second-order valence-corrected chi connectivity index (χ2v) is 3.80. The lowest BCUT2D eigenvalue weighted by atomic mass is 10.2. The predicted octanol–water partition coefficient (Wildman–Crippen LogP) is 1.52. The summed E-state index contributed by atoms with van der Waals surface area (Å²) in [5, 5.41) is 0. The van der Waals surface area contributed by atoms with Crippen LogP contribution in [0.4, 0.5) is 0 Å². The maximum Gasteiger partial charge on any atom is 0.0963 e. The zero-order valence-electron chi connectivity index (χ0n) is 9.93. The fourth-order valence-electron chi connectivity index (χ4n) is 1.34. The van der Waals surface area contributed by atoms with E-state index in [2.05, 4.69) is 4.98 Å². The number of rotatable bonds is 7. The Kier molecular flexibility index (Phi) is 6.00. The third-order valence-electron chi connectivity index (χ3n) is 2.12. The average molecular weight is 224 g/mol. The molecule has 0 saturated heterocycles. The van der Waals surface area contributed by atoms with Gasteiger partial charge >= 0.3 is 0 Å². The van der Waals surface area contributed by atoms with Crippen LogP contribution >= 0.6 is 0 Å². The molecule has 0 aromatic carbocycles. The van der Waals surface area contributed by atoms with Gasteiger partial charge in [-0.1, -0.05) is 6.07 Å². The zero-order valence-corrected chi connectivity index (χ0v) is 9.93. The van der Waals surface area contributed by atoms with Gasteiger partial charge in [0.25, 0.3) is 0 Å². The van der Waals surface area contributed by atoms with Crippen LogP contribution in [0.15, 0.2) is 24.5 Å². The predicted molar refractivity (Wildman–Crippen MR) is 63.1 cm³/mol. The van der Waals surface area contributed by atoms with Gasteiger partial charge in [-0.3, -0.25) is 4.98 Å². The quantitative estimate of drug-likeness (QED) is 0.713. The minimum absolute atomic E-state index is 0.0931. The molecule has 2 N–H and O–H groups in total. The molecule has 1 rings (SSSR count). The number of aromatic nitrogens is 1. The number of nitrogens with two attached hydrogens (primary N) is 1. The van der Waals surface area contributed by atoms with Crippen molar-refractivity contribution in [3.63, 3.8) is 0 Å². The SMILES string of the molecule is CC(C)OCCOC(CN)c1cccnc1. The van der Waals surface area contributed by atoms with Crippen LogP contribution in [-0.2, 0) is 9.47 Å². The van der Waals surface area contributed by atoms with E-state index in [1.807, 2.05) is 26.0 Å². The van der Waals surface area contributed by atoms with Crippen LogP contribution < -0.4 is 5.73 Å². The Balaban J connectivity index is 2.33. The summed E-state index contributed by atoms with van der Waals surface area (Å²) in [7, 11) is 0. The Labute approximate surface area is 96.8 Å². The van der Waals surface area contributed by atoms with Gasteiger partial charge in [-0.25, -0.2) is 0 Å². The van der Waals surface area contributed by atoms with Crippen molar-refractivity contribution in [2.75, 3.05) is 19.8 Å². The van der Waals surface area contributed by atoms with Crippen LogP contribution in [0.3, 0.4) is 0 Å². The molecule has 0 spiro atoms. The van der Waals surface area contributed by atoms with Crippen LogP contribution in [0.2, 0.25) is 0 Å². The summed E-state index contributed by atoms with van der Waals surface area (Å²) < 4.78 is 11.0. The van der Waals surface area contributed by atoms with E-state index < -0.39 is 0 Å². The molecule has 0 radical (unpaired) electrons. The lowest BCUT2D eigenvalue weighted by Crippen LogP contribution is -2.19. The third-order valence-corrected chi connectivity index (χ3v) is 2.12. The molecule has 0 saturated carbocycles. The monoisotopic (exact) mass is 224 g/mol. The third kappa shape index (κ3) is 4.70. The van der Waals surface area contributed by atoms with Gasteiger partial charge in [0.1, 0.15) is 0 Å². The highest BCUT2D eigenvalue weighted by atomic mass is 16.5. The Hall–Kier alpha value is -0.970. The first-order valence-electron chi connectivity index (χ1n) is 5.57. The molecule has 0 aliphatic heterocycles. The maximum absolute atomic E-state index is 5.65. The Bertz CT molecular complexity index is 278. The van der Waals surface area contributed by atoms with Crippen LogP contribution in [0.25, 0.3) is 0 Å². The molecule has 1 unspecified atom stereocenters. The second kappa shape index (κ2) is 7.33. The molecule has 0 aliphatic rings. The van der Waals surface area contributed by atoms with Crippen molar-refractivity contribution in [2.45, 2.75) is 26.1 Å². The van der Waals surface area contributed by atoms with Crippen molar-refractivity contribution in [2.24, 2.45) is 5.73 Å². The van der Waals surface area contributed by atoms with Gasteiger partial charge in [-0.2, -0.15) is 0 Å². The normalized spacial score (nSPS) is 13.0. The van der Waals surface area contributed by atoms with Gasteiger partial charge in [0.15, 0.2) is 0 Å². The maximum atomic E-state index is 5.65. The van der Waals surface area contributed by atoms with Crippen molar-refractivity contribution < 1.29 is 9.47 Å². The van der Waals surface area contributed by atoms with Crippen LogP contribution in [-0.4, -0.2) is 30.8 Å². The molecule has 4 heteroatoms. The largest absolute Gasteiger partial charge is 0.376 e. The molecule has 0 aliphatic carbocycles. The molecule has 1 atom stereocenters. The van der Waals surface area contributed by atoms with Crippen molar-refractivity contribution >= 4 is 0 Å². The van der Waals surface area contributed by atoms with E-state index in [-0.39, 0.29) is 12.2 Å². The van der Waals surface area contributed by atoms with Crippen molar-refractivity contribution in [1.29, 1.82) is 0 Å². The summed E-state index contributed by atoms with van der Waals surface area (Å²) in [5.41, 5.74) is 6.66. The zero-order chi connectivity index (χ0) is 11.8. The van der Waals surface area contributed by atoms with E-state index >= 15 is 0 Å². The summed E-state index contributed by atoms with van der Waals surface area (Å²) >= 11 is 0. The Morgan fingerprint density at radius 3 is 2.62 bits per heavy atom. The fraction of sp³-hybridized carbons (Fsp3) is 0.583. The molecule has 0 bridgehead atoms. The smallest absolute Gasteiger partial charge is 0.0963 e. The summed E-state index contributed by atoms with van der Waals surface area (Å²) in [6, 6.07) is 3.85. The van der Waals surface area contributed by atoms with Crippen molar-refractivity contribution in [1.82, 2.24) is 4.98 Å². The molecule has 0 fully saturated rings. The van der Waals surface area contributed by atoms with E-state index in [0.29, 0.717) is 19.8 Å². The molecular formula is C12H20N2O2. The first-order chi connectivity index (χ1) is 7.74. The number of ether oxygens (including phenoxy) is 2. The summed E-state index contributed by atoms with van der Waals surface area (Å²) in [6.07, 6.45) is 3.66. The van der Waals surface area contributed by atoms with E-state index in [4.69, 9.17) is 15.2 Å². The molecule has 4 nitrogen and oxygen atoms in total. The second-order valence-electron chi connectivity index (χ2n) is 3.80. The average Bonchev–Trinajstić information content (AvgIpc) is 2.30. The fourth-order valence-corrected chi connectivity index (χ4v) is 1.34. The van der Waals surface area contributed by atoms with Gasteiger partial charge in [0.2, 0.25) is 0 Å². The Morgan fingerprint density at radius 1 is 1.31 bits per heavy atom. The van der Waals surface area contributed by atoms with E-state index in [0.717, 1.165) is 5.56 Å².